The third kappa shape index (κ3) is 3.15. The van der Waals surface area contributed by atoms with Crippen molar-refractivity contribution < 1.29 is 4.74 Å². The molecule has 1 heterocycles. The maximum Gasteiger partial charge on any atom is 0.235 e. The van der Waals surface area contributed by atoms with E-state index in [2.05, 4.69) is 25.9 Å². The molecule has 0 amide bonds. The number of nitrogen functional groups attached to an aromatic ring is 1. The molecule has 1 aromatic heterocycles. The van der Waals surface area contributed by atoms with Crippen LogP contribution in [0.25, 0.3) is 0 Å². The van der Waals surface area contributed by atoms with E-state index < -0.39 is 0 Å². The van der Waals surface area contributed by atoms with Gasteiger partial charge in [0, 0.05) is 7.05 Å². The van der Waals surface area contributed by atoms with Crippen molar-refractivity contribution in [1.29, 1.82) is 0 Å². The summed E-state index contributed by atoms with van der Waals surface area (Å²) in [6, 6.07) is 0. The predicted octanol–water partition coefficient (Wildman–Crippen LogP) is 2.38. The van der Waals surface area contributed by atoms with Crippen LogP contribution in [-0.2, 0) is 13.5 Å². The quantitative estimate of drug-likeness (QED) is 0.808. The van der Waals surface area contributed by atoms with Crippen LogP contribution in [0.3, 0.4) is 0 Å². The Hall–Kier alpha value is -1.19. The zero-order chi connectivity index (χ0) is 12.1. The van der Waals surface area contributed by atoms with Crippen LogP contribution in [0.1, 0.15) is 39.3 Å². The monoisotopic (exact) mass is 225 g/mol. The smallest absolute Gasteiger partial charge is 0.235 e. The van der Waals surface area contributed by atoms with Crippen LogP contribution in [0.4, 0.5) is 5.69 Å². The molecule has 0 aliphatic carbocycles. The average Bonchev–Trinajstić information content (AvgIpc) is 2.45. The molecule has 4 nitrogen and oxygen atoms in total. The number of hydrogen-bond acceptors (Lipinski definition) is 3. The van der Waals surface area contributed by atoms with Crippen molar-refractivity contribution in [3.8, 4) is 5.88 Å². The Morgan fingerprint density at radius 2 is 2.12 bits per heavy atom. The van der Waals surface area contributed by atoms with Gasteiger partial charge in [0.05, 0.1) is 12.3 Å². The van der Waals surface area contributed by atoms with Crippen molar-refractivity contribution in [2.24, 2.45) is 13.0 Å². The van der Waals surface area contributed by atoms with Crippen LogP contribution in [0.2, 0.25) is 0 Å². The normalized spacial score (nSPS) is 11.1. The fraction of sp³-hybridized carbons (Fsp3) is 0.750. The zero-order valence-corrected chi connectivity index (χ0v) is 10.8. The van der Waals surface area contributed by atoms with Gasteiger partial charge in [0.2, 0.25) is 5.88 Å². The van der Waals surface area contributed by atoms with Crippen molar-refractivity contribution in [3.63, 3.8) is 0 Å². The standard InChI is InChI=1S/C12H23N3O/c1-5-6-10-11(13)12(15(4)14-10)16-8-7-9(2)3/h9H,5-8,13H2,1-4H3. The van der Waals surface area contributed by atoms with Crippen LogP contribution in [0.5, 0.6) is 5.88 Å². The van der Waals surface area contributed by atoms with Gasteiger partial charge in [-0.05, 0) is 18.8 Å². The number of aryl methyl sites for hydroxylation is 2. The Labute approximate surface area is 97.8 Å². The molecule has 0 spiro atoms. The SMILES string of the molecule is CCCc1nn(C)c(OCCC(C)C)c1N. The number of anilines is 1. The maximum atomic E-state index is 6.00. The highest BCUT2D eigenvalue weighted by atomic mass is 16.5. The second kappa shape index (κ2) is 5.77. The molecule has 4 heteroatoms. The van der Waals surface area contributed by atoms with E-state index >= 15 is 0 Å². The molecule has 0 unspecified atom stereocenters. The summed E-state index contributed by atoms with van der Waals surface area (Å²) in [6.45, 7) is 7.18. The Morgan fingerprint density at radius 1 is 1.44 bits per heavy atom. The van der Waals surface area contributed by atoms with E-state index in [4.69, 9.17) is 10.5 Å². The molecule has 1 rings (SSSR count). The van der Waals surface area contributed by atoms with Gasteiger partial charge in [-0.25, -0.2) is 4.68 Å². The minimum absolute atomic E-state index is 0.643. The van der Waals surface area contributed by atoms with E-state index in [1.54, 1.807) is 4.68 Å². The summed E-state index contributed by atoms with van der Waals surface area (Å²) in [4.78, 5) is 0. The second-order valence-corrected chi connectivity index (χ2v) is 4.57. The van der Waals surface area contributed by atoms with Crippen molar-refractivity contribution in [2.45, 2.75) is 40.0 Å². The predicted molar refractivity (Wildman–Crippen MR) is 66.6 cm³/mol. The first-order chi connectivity index (χ1) is 7.56. The Morgan fingerprint density at radius 3 is 2.69 bits per heavy atom. The van der Waals surface area contributed by atoms with Gasteiger partial charge in [-0.15, -0.1) is 0 Å². The number of nitrogens with zero attached hydrogens (tertiary/aromatic N) is 2. The van der Waals surface area contributed by atoms with Crippen molar-refractivity contribution in [1.82, 2.24) is 9.78 Å². The summed E-state index contributed by atoms with van der Waals surface area (Å²) in [5, 5.41) is 4.36. The molecule has 0 aliphatic heterocycles. The van der Waals surface area contributed by atoms with Gasteiger partial charge in [-0.1, -0.05) is 27.2 Å². The largest absolute Gasteiger partial charge is 0.476 e. The third-order valence-electron chi connectivity index (χ3n) is 2.53. The Kier molecular flexibility index (Phi) is 4.65. The lowest BCUT2D eigenvalue weighted by Crippen LogP contribution is -2.06. The fourth-order valence-corrected chi connectivity index (χ4v) is 1.56. The Bertz CT molecular complexity index is 331. The minimum Gasteiger partial charge on any atom is -0.476 e. The van der Waals surface area contributed by atoms with Gasteiger partial charge in [0.25, 0.3) is 0 Å². The van der Waals surface area contributed by atoms with E-state index in [1.165, 1.54) is 0 Å². The van der Waals surface area contributed by atoms with Gasteiger partial charge in [0.15, 0.2) is 0 Å². The fourth-order valence-electron chi connectivity index (χ4n) is 1.56. The number of hydrogen-bond donors (Lipinski definition) is 1. The molecule has 0 bridgehead atoms. The van der Waals surface area contributed by atoms with Crippen LogP contribution < -0.4 is 10.5 Å². The first kappa shape index (κ1) is 12.9. The van der Waals surface area contributed by atoms with E-state index in [1.807, 2.05) is 7.05 Å². The molecule has 0 aliphatic rings. The van der Waals surface area contributed by atoms with Gasteiger partial charge < -0.3 is 10.5 Å². The Balaban J connectivity index is 2.64. The highest BCUT2D eigenvalue weighted by Gasteiger charge is 2.13. The lowest BCUT2D eigenvalue weighted by atomic mass is 10.1. The molecule has 0 fully saturated rings. The molecule has 16 heavy (non-hydrogen) atoms. The van der Waals surface area contributed by atoms with Gasteiger partial charge in [-0.2, -0.15) is 5.10 Å². The lowest BCUT2D eigenvalue weighted by molar-refractivity contribution is 0.268. The van der Waals surface area contributed by atoms with Gasteiger partial charge in [-0.3, -0.25) is 0 Å². The van der Waals surface area contributed by atoms with Gasteiger partial charge in [0.1, 0.15) is 5.69 Å². The van der Waals surface area contributed by atoms with Crippen LogP contribution in [-0.4, -0.2) is 16.4 Å². The van der Waals surface area contributed by atoms with Crippen molar-refractivity contribution in [2.75, 3.05) is 12.3 Å². The third-order valence-corrected chi connectivity index (χ3v) is 2.53. The topological polar surface area (TPSA) is 53.1 Å². The summed E-state index contributed by atoms with van der Waals surface area (Å²) in [6.07, 6.45) is 2.99. The molecular formula is C12H23N3O. The summed E-state index contributed by atoms with van der Waals surface area (Å²) in [5.74, 6) is 1.36. The van der Waals surface area contributed by atoms with E-state index in [0.717, 1.165) is 25.0 Å². The molecular weight excluding hydrogens is 202 g/mol. The highest BCUT2D eigenvalue weighted by Crippen LogP contribution is 2.25. The maximum absolute atomic E-state index is 6.00. The molecule has 0 radical (unpaired) electrons. The molecule has 0 saturated carbocycles. The molecule has 92 valence electrons. The van der Waals surface area contributed by atoms with E-state index in [0.29, 0.717) is 24.1 Å². The van der Waals surface area contributed by atoms with Crippen LogP contribution in [0.15, 0.2) is 0 Å². The first-order valence-electron chi connectivity index (χ1n) is 6.00. The zero-order valence-electron chi connectivity index (χ0n) is 10.8. The molecule has 0 saturated heterocycles. The first-order valence-corrected chi connectivity index (χ1v) is 6.00. The second-order valence-electron chi connectivity index (χ2n) is 4.57. The lowest BCUT2D eigenvalue weighted by Gasteiger charge is -2.08. The molecule has 2 N–H and O–H groups in total. The number of rotatable bonds is 6. The van der Waals surface area contributed by atoms with Crippen LogP contribution >= 0.6 is 0 Å². The van der Waals surface area contributed by atoms with E-state index in [-0.39, 0.29) is 0 Å². The minimum atomic E-state index is 0.643. The number of ether oxygens (including phenoxy) is 1. The van der Waals surface area contributed by atoms with Crippen molar-refractivity contribution >= 4 is 5.69 Å². The highest BCUT2D eigenvalue weighted by molar-refractivity contribution is 5.53. The van der Waals surface area contributed by atoms with E-state index in [9.17, 15) is 0 Å². The molecule has 0 aromatic carbocycles. The summed E-state index contributed by atoms with van der Waals surface area (Å²) >= 11 is 0. The average molecular weight is 225 g/mol. The summed E-state index contributed by atoms with van der Waals surface area (Å²) in [5.41, 5.74) is 7.65. The molecule has 0 atom stereocenters. The summed E-state index contributed by atoms with van der Waals surface area (Å²) in [7, 11) is 1.88. The van der Waals surface area contributed by atoms with Gasteiger partial charge >= 0.3 is 0 Å². The molecule has 1 aromatic rings. The van der Waals surface area contributed by atoms with Crippen LogP contribution in [0, 0.1) is 5.92 Å². The number of nitrogens with two attached hydrogens (primary N) is 1. The number of aromatic nitrogens is 2. The van der Waals surface area contributed by atoms with Crippen molar-refractivity contribution in [3.05, 3.63) is 5.69 Å². The summed E-state index contributed by atoms with van der Waals surface area (Å²) < 4.78 is 7.42.